The summed E-state index contributed by atoms with van der Waals surface area (Å²) in [5.41, 5.74) is 1.96. The summed E-state index contributed by atoms with van der Waals surface area (Å²) in [6, 6.07) is 5.95. The number of hydrogen-bond acceptors (Lipinski definition) is 4. The first-order valence-corrected chi connectivity index (χ1v) is 7.52. The van der Waals surface area contributed by atoms with E-state index in [1.807, 2.05) is 0 Å². The number of nitrogens with zero attached hydrogens (tertiary/aromatic N) is 2. The Morgan fingerprint density at radius 3 is 2.71 bits per heavy atom. The van der Waals surface area contributed by atoms with Gasteiger partial charge in [0.2, 0.25) is 0 Å². The maximum absolute atomic E-state index is 13.0. The monoisotopic (exact) mass is 329 g/mol. The number of fused-ring (bicyclic) bond motifs is 1. The van der Waals surface area contributed by atoms with Crippen LogP contribution in [0.15, 0.2) is 35.3 Å². The van der Waals surface area contributed by atoms with Crippen LogP contribution in [0.3, 0.4) is 0 Å². The van der Waals surface area contributed by atoms with E-state index in [0.717, 1.165) is 5.56 Å². The summed E-state index contributed by atoms with van der Waals surface area (Å²) >= 11 is 0. The summed E-state index contributed by atoms with van der Waals surface area (Å²) in [6.07, 6.45) is 1.73. The van der Waals surface area contributed by atoms with Crippen LogP contribution in [0.4, 0.5) is 4.39 Å². The third-order valence-electron chi connectivity index (χ3n) is 3.75. The molecule has 6 nitrogen and oxygen atoms in total. The smallest absolute Gasteiger partial charge is 0.343 e. The normalized spacial score (nSPS) is 11.0. The summed E-state index contributed by atoms with van der Waals surface area (Å²) in [5.74, 6) is -0.863. The first-order valence-electron chi connectivity index (χ1n) is 7.52. The molecule has 3 aromatic rings. The molecule has 1 aromatic carbocycles. The van der Waals surface area contributed by atoms with Crippen molar-refractivity contribution in [2.75, 3.05) is 6.61 Å². The molecule has 0 saturated carbocycles. The Bertz CT molecular complexity index is 958. The predicted molar refractivity (Wildman–Crippen MR) is 85.7 cm³/mol. The second-order valence-corrected chi connectivity index (χ2v) is 5.35. The molecule has 0 bridgehead atoms. The lowest BCUT2D eigenvalue weighted by Crippen LogP contribution is -2.22. The molecule has 7 heteroatoms. The second kappa shape index (κ2) is 6.27. The van der Waals surface area contributed by atoms with Gasteiger partial charge in [-0.1, -0.05) is 12.1 Å². The highest BCUT2D eigenvalue weighted by molar-refractivity contribution is 5.95. The van der Waals surface area contributed by atoms with Crippen molar-refractivity contribution in [3.8, 4) is 0 Å². The zero-order valence-electron chi connectivity index (χ0n) is 13.3. The summed E-state index contributed by atoms with van der Waals surface area (Å²) in [5, 5.41) is 2.74. The molecule has 0 fully saturated rings. The number of benzene rings is 1. The zero-order chi connectivity index (χ0) is 17.3. The minimum absolute atomic E-state index is 0.213. The number of carbonyl (C=O) groups is 1. The van der Waals surface area contributed by atoms with E-state index in [1.165, 1.54) is 22.8 Å². The molecule has 3 rings (SSSR count). The van der Waals surface area contributed by atoms with Gasteiger partial charge in [-0.2, -0.15) is 0 Å². The molecule has 124 valence electrons. The SMILES string of the molecule is CCOC(=O)c1c[nH]n2c(=O)c(Cc3ccc(F)cc3)c(C)nc12. The lowest BCUT2D eigenvalue weighted by atomic mass is 10.1. The molecule has 0 spiro atoms. The van der Waals surface area contributed by atoms with Gasteiger partial charge in [0.25, 0.3) is 5.56 Å². The molecule has 24 heavy (non-hydrogen) atoms. The number of aromatic nitrogens is 3. The van der Waals surface area contributed by atoms with Gasteiger partial charge in [-0.3, -0.25) is 9.89 Å². The standard InChI is InChI=1S/C17H16FN3O3/c1-3-24-17(23)14-9-19-21-15(14)20-10(2)13(16(21)22)8-11-4-6-12(18)7-5-11/h4-7,9,19H,3,8H2,1-2H3. The molecule has 0 unspecified atom stereocenters. The van der Waals surface area contributed by atoms with Crippen LogP contribution in [-0.2, 0) is 11.2 Å². The number of hydrogen-bond donors (Lipinski definition) is 1. The number of carbonyl (C=O) groups excluding carboxylic acids is 1. The first kappa shape index (κ1) is 15.9. The van der Waals surface area contributed by atoms with Gasteiger partial charge in [0, 0.05) is 23.9 Å². The van der Waals surface area contributed by atoms with Crippen LogP contribution >= 0.6 is 0 Å². The van der Waals surface area contributed by atoms with Gasteiger partial charge >= 0.3 is 5.97 Å². The number of H-pyrrole nitrogens is 1. The van der Waals surface area contributed by atoms with Gasteiger partial charge in [0.05, 0.1) is 6.61 Å². The van der Waals surface area contributed by atoms with Gasteiger partial charge in [-0.15, -0.1) is 0 Å². The van der Waals surface area contributed by atoms with Crippen molar-refractivity contribution in [1.29, 1.82) is 0 Å². The second-order valence-electron chi connectivity index (χ2n) is 5.35. The zero-order valence-corrected chi connectivity index (χ0v) is 13.3. The molecule has 0 saturated heterocycles. The lowest BCUT2D eigenvalue weighted by Gasteiger charge is -2.06. The van der Waals surface area contributed by atoms with Gasteiger partial charge in [0.1, 0.15) is 11.4 Å². The quantitative estimate of drug-likeness (QED) is 0.745. The maximum Gasteiger partial charge on any atom is 0.343 e. The topological polar surface area (TPSA) is 76.5 Å². The fraction of sp³-hybridized carbons (Fsp3) is 0.235. The molecule has 2 heterocycles. The largest absolute Gasteiger partial charge is 0.462 e. The Kier molecular flexibility index (Phi) is 4.16. The number of rotatable bonds is 4. The Morgan fingerprint density at radius 2 is 2.04 bits per heavy atom. The van der Waals surface area contributed by atoms with Crippen LogP contribution in [0, 0.1) is 12.7 Å². The Morgan fingerprint density at radius 1 is 1.33 bits per heavy atom. The number of esters is 1. The van der Waals surface area contributed by atoms with Crippen molar-refractivity contribution in [2.45, 2.75) is 20.3 Å². The molecule has 0 radical (unpaired) electrons. The number of halogens is 1. The van der Waals surface area contributed by atoms with Crippen molar-refractivity contribution in [3.63, 3.8) is 0 Å². The Balaban J connectivity index is 2.06. The molecule has 0 aliphatic heterocycles. The summed E-state index contributed by atoms with van der Waals surface area (Å²) in [7, 11) is 0. The van der Waals surface area contributed by atoms with E-state index in [0.29, 0.717) is 17.7 Å². The lowest BCUT2D eigenvalue weighted by molar-refractivity contribution is 0.0528. The minimum Gasteiger partial charge on any atom is -0.462 e. The summed E-state index contributed by atoms with van der Waals surface area (Å²) in [4.78, 5) is 29.0. The van der Waals surface area contributed by atoms with Crippen LogP contribution in [0.5, 0.6) is 0 Å². The van der Waals surface area contributed by atoms with Crippen LogP contribution in [-0.4, -0.2) is 27.2 Å². The first-order chi connectivity index (χ1) is 11.5. The van der Waals surface area contributed by atoms with E-state index in [9.17, 15) is 14.0 Å². The third kappa shape index (κ3) is 2.80. The van der Waals surface area contributed by atoms with Gasteiger partial charge in [-0.05, 0) is 31.5 Å². The van der Waals surface area contributed by atoms with Crippen LogP contribution < -0.4 is 5.56 Å². The third-order valence-corrected chi connectivity index (χ3v) is 3.75. The van der Waals surface area contributed by atoms with Crippen molar-refractivity contribution in [2.24, 2.45) is 0 Å². The van der Waals surface area contributed by atoms with Crippen molar-refractivity contribution in [3.05, 3.63) is 69.0 Å². The average Bonchev–Trinajstić information content (AvgIpc) is 2.97. The van der Waals surface area contributed by atoms with Crippen LogP contribution in [0.1, 0.15) is 34.1 Å². The maximum atomic E-state index is 13.0. The van der Waals surface area contributed by atoms with E-state index in [4.69, 9.17) is 4.74 Å². The number of nitrogens with one attached hydrogen (secondary N) is 1. The molecule has 0 atom stereocenters. The highest BCUT2D eigenvalue weighted by atomic mass is 19.1. The van der Waals surface area contributed by atoms with Gasteiger partial charge in [-0.25, -0.2) is 18.7 Å². The van der Waals surface area contributed by atoms with Crippen LogP contribution in [0.25, 0.3) is 5.65 Å². The summed E-state index contributed by atoms with van der Waals surface area (Å²) < 4.78 is 19.2. The number of aryl methyl sites for hydroxylation is 1. The van der Waals surface area contributed by atoms with E-state index in [1.54, 1.807) is 26.0 Å². The van der Waals surface area contributed by atoms with Crippen molar-refractivity contribution >= 4 is 11.6 Å². The highest BCUT2D eigenvalue weighted by Crippen LogP contribution is 2.14. The average molecular weight is 329 g/mol. The molecule has 0 amide bonds. The molecular weight excluding hydrogens is 313 g/mol. The Labute approximate surface area is 136 Å². The molecular formula is C17H16FN3O3. The fourth-order valence-electron chi connectivity index (χ4n) is 2.53. The molecule has 2 aromatic heterocycles. The van der Waals surface area contributed by atoms with E-state index >= 15 is 0 Å². The minimum atomic E-state index is -0.533. The Hall–Kier alpha value is -2.96. The molecule has 0 aliphatic rings. The number of ether oxygens (including phenoxy) is 1. The van der Waals surface area contributed by atoms with E-state index in [2.05, 4.69) is 10.1 Å². The predicted octanol–water partition coefficient (Wildman–Crippen LogP) is 2.24. The van der Waals surface area contributed by atoms with Gasteiger partial charge < -0.3 is 4.74 Å². The number of aromatic amines is 1. The van der Waals surface area contributed by atoms with Crippen LogP contribution in [0.2, 0.25) is 0 Å². The highest BCUT2D eigenvalue weighted by Gasteiger charge is 2.19. The van der Waals surface area contributed by atoms with Gasteiger partial charge in [0.15, 0.2) is 5.65 Å². The van der Waals surface area contributed by atoms with E-state index < -0.39 is 5.97 Å². The van der Waals surface area contributed by atoms with E-state index in [-0.39, 0.29) is 29.2 Å². The molecule has 1 N–H and O–H groups in total. The van der Waals surface area contributed by atoms with Crippen molar-refractivity contribution < 1.29 is 13.9 Å². The van der Waals surface area contributed by atoms with Crippen molar-refractivity contribution in [1.82, 2.24) is 14.6 Å². The molecule has 0 aliphatic carbocycles. The fourth-order valence-corrected chi connectivity index (χ4v) is 2.53. The summed E-state index contributed by atoms with van der Waals surface area (Å²) in [6.45, 7) is 3.66.